The molecule has 1 aliphatic heterocycles. The molecule has 19 heavy (non-hydrogen) atoms. The summed E-state index contributed by atoms with van der Waals surface area (Å²) < 4.78 is 5.43. The van der Waals surface area contributed by atoms with E-state index in [4.69, 9.17) is 9.84 Å². The van der Waals surface area contributed by atoms with E-state index in [9.17, 15) is 10.1 Å². The molecule has 0 saturated carbocycles. The Morgan fingerprint density at radius 3 is 3.00 bits per heavy atom. The normalized spacial score (nSPS) is 23.4. The van der Waals surface area contributed by atoms with Crippen LogP contribution in [-0.4, -0.2) is 46.9 Å². The number of hydrogen-bond donors (Lipinski definition) is 1. The molecule has 7 heteroatoms. The number of ether oxygens (including phenoxy) is 1. The second kappa shape index (κ2) is 5.50. The van der Waals surface area contributed by atoms with Crippen molar-refractivity contribution in [2.24, 2.45) is 0 Å². The van der Waals surface area contributed by atoms with Crippen LogP contribution in [-0.2, 0) is 4.74 Å². The van der Waals surface area contributed by atoms with Gasteiger partial charge in [-0.1, -0.05) is 0 Å². The number of morpholine rings is 1. The van der Waals surface area contributed by atoms with Crippen molar-refractivity contribution in [3.63, 3.8) is 0 Å². The van der Waals surface area contributed by atoms with Crippen LogP contribution in [0, 0.1) is 17.0 Å². The second-order valence-electron chi connectivity index (χ2n) is 4.69. The molecular weight excluding hydrogens is 250 g/mol. The molecule has 1 aromatic heterocycles. The van der Waals surface area contributed by atoms with Gasteiger partial charge in [0.25, 0.3) is 0 Å². The Labute approximate surface area is 111 Å². The third kappa shape index (κ3) is 2.82. The van der Waals surface area contributed by atoms with Gasteiger partial charge in [-0.05, 0) is 19.9 Å². The fourth-order valence-electron chi connectivity index (χ4n) is 2.11. The van der Waals surface area contributed by atoms with Crippen molar-refractivity contribution in [2.75, 3.05) is 24.7 Å². The Morgan fingerprint density at radius 2 is 2.37 bits per heavy atom. The van der Waals surface area contributed by atoms with Crippen LogP contribution in [0.2, 0.25) is 0 Å². The standard InChI is InChI=1S/C12H17N3O4/c1-8-3-4-11(15(17)18)12(13-8)14-5-10(6-16)19-7-9(14)2/h3-4,9-10,16H,5-7H2,1-2H3. The van der Waals surface area contributed by atoms with Gasteiger partial charge in [0, 0.05) is 18.3 Å². The molecule has 2 unspecified atom stereocenters. The highest BCUT2D eigenvalue weighted by Gasteiger charge is 2.31. The molecular formula is C12H17N3O4. The van der Waals surface area contributed by atoms with Crippen LogP contribution >= 0.6 is 0 Å². The molecule has 0 amide bonds. The summed E-state index contributed by atoms with van der Waals surface area (Å²) in [5, 5.41) is 20.3. The Balaban J connectivity index is 2.38. The van der Waals surface area contributed by atoms with E-state index in [1.165, 1.54) is 6.07 Å². The van der Waals surface area contributed by atoms with Crippen LogP contribution < -0.4 is 4.90 Å². The van der Waals surface area contributed by atoms with Gasteiger partial charge < -0.3 is 14.7 Å². The highest BCUT2D eigenvalue weighted by molar-refractivity contribution is 5.59. The van der Waals surface area contributed by atoms with Crippen molar-refractivity contribution < 1.29 is 14.8 Å². The first-order chi connectivity index (χ1) is 9.02. The molecule has 1 N–H and O–H groups in total. The molecule has 0 aliphatic carbocycles. The van der Waals surface area contributed by atoms with Gasteiger partial charge in [0.2, 0.25) is 5.82 Å². The maximum absolute atomic E-state index is 11.1. The molecule has 0 aromatic carbocycles. The van der Waals surface area contributed by atoms with Crippen LogP contribution in [0.1, 0.15) is 12.6 Å². The molecule has 0 bridgehead atoms. The second-order valence-corrected chi connectivity index (χ2v) is 4.69. The number of anilines is 1. The first kappa shape index (κ1) is 13.7. The predicted octanol–water partition coefficient (Wildman–Crippen LogP) is 0.884. The smallest absolute Gasteiger partial charge is 0.311 e. The summed E-state index contributed by atoms with van der Waals surface area (Å²) in [5.74, 6) is 0.347. The minimum absolute atomic E-state index is 0.0176. The van der Waals surface area contributed by atoms with Gasteiger partial charge >= 0.3 is 5.69 Å². The third-order valence-corrected chi connectivity index (χ3v) is 3.17. The zero-order chi connectivity index (χ0) is 14.0. The van der Waals surface area contributed by atoms with Crippen LogP contribution in [0.15, 0.2) is 12.1 Å². The van der Waals surface area contributed by atoms with Crippen molar-refractivity contribution >= 4 is 11.5 Å². The van der Waals surface area contributed by atoms with E-state index in [2.05, 4.69) is 4.98 Å². The van der Waals surface area contributed by atoms with Gasteiger partial charge in [-0.3, -0.25) is 10.1 Å². The molecule has 1 fully saturated rings. The highest BCUT2D eigenvalue weighted by atomic mass is 16.6. The first-order valence-electron chi connectivity index (χ1n) is 6.14. The Kier molecular flexibility index (Phi) is 3.96. The van der Waals surface area contributed by atoms with Gasteiger partial charge in [-0.15, -0.1) is 0 Å². The summed E-state index contributed by atoms with van der Waals surface area (Å²) in [6, 6.07) is 3.07. The topological polar surface area (TPSA) is 88.7 Å². The summed E-state index contributed by atoms with van der Waals surface area (Å²) in [7, 11) is 0. The molecule has 0 spiro atoms. The van der Waals surface area contributed by atoms with E-state index < -0.39 is 4.92 Å². The highest BCUT2D eigenvalue weighted by Crippen LogP contribution is 2.29. The molecule has 7 nitrogen and oxygen atoms in total. The van der Waals surface area contributed by atoms with Crippen molar-refractivity contribution in [2.45, 2.75) is 26.0 Å². The molecule has 0 radical (unpaired) electrons. The van der Waals surface area contributed by atoms with Crippen LogP contribution in [0.25, 0.3) is 0 Å². The molecule has 1 saturated heterocycles. The molecule has 2 atom stereocenters. The molecule has 104 valence electrons. The third-order valence-electron chi connectivity index (χ3n) is 3.17. The number of nitro groups is 1. The SMILES string of the molecule is Cc1ccc([N+](=O)[O-])c(N2CC(CO)OCC2C)n1. The average molecular weight is 267 g/mol. The average Bonchev–Trinajstić information content (AvgIpc) is 2.38. The number of hydrogen-bond acceptors (Lipinski definition) is 6. The van der Waals surface area contributed by atoms with Gasteiger partial charge in [0.05, 0.1) is 30.3 Å². The maximum atomic E-state index is 11.1. The molecule has 2 heterocycles. The maximum Gasteiger partial charge on any atom is 0.311 e. The lowest BCUT2D eigenvalue weighted by Gasteiger charge is -2.37. The van der Waals surface area contributed by atoms with E-state index >= 15 is 0 Å². The minimum Gasteiger partial charge on any atom is -0.394 e. The van der Waals surface area contributed by atoms with Crippen LogP contribution in [0.4, 0.5) is 11.5 Å². The van der Waals surface area contributed by atoms with Gasteiger partial charge in [-0.2, -0.15) is 0 Å². The van der Waals surface area contributed by atoms with E-state index in [1.807, 2.05) is 11.8 Å². The largest absolute Gasteiger partial charge is 0.394 e. The predicted molar refractivity (Wildman–Crippen MR) is 69.3 cm³/mol. The van der Waals surface area contributed by atoms with E-state index in [1.54, 1.807) is 13.0 Å². The number of pyridine rings is 1. The minimum atomic E-state index is -0.433. The van der Waals surface area contributed by atoms with Crippen LogP contribution in [0.5, 0.6) is 0 Å². The quantitative estimate of drug-likeness (QED) is 0.646. The van der Waals surface area contributed by atoms with Crippen molar-refractivity contribution in [3.05, 3.63) is 27.9 Å². The van der Waals surface area contributed by atoms with E-state index in [-0.39, 0.29) is 24.4 Å². The fourth-order valence-corrected chi connectivity index (χ4v) is 2.11. The number of rotatable bonds is 3. The Bertz CT molecular complexity index is 480. The summed E-state index contributed by atoms with van der Waals surface area (Å²) in [6.45, 7) is 4.42. The monoisotopic (exact) mass is 267 g/mol. The number of aliphatic hydroxyl groups excluding tert-OH is 1. The van der Waals surface area contributed by atoms with E-state index in [0.717, 1.165) is 5.69 Å². The number of aliphatic hydroxyl groups is 1. The lowest BCUT2D eigenvalue weighted by atomic mass is 10.2. The summed E-state index contributed by atoms with van der Waals surface area (Å²) in [6.07, 6.45) is -0.335. The number of aryl methyl sites for hydroxylation is 1. The summed E-state index contributed by atoms with van der Waals surface area (Å²) in [4.78, 5) is 16.8. The van der Waals surface area contributed by atoms with Crippen molar-refractivity contribution in [3.8, 4) is 0 Å². The molecule has 1 aromatic rings. The number of aromatic nitrogens is 1. The Morgan fingerprint density at radius 1 is 1.63 bits per heavy atom. The zero-order valence-corrected chi connectivity index (χ0v) is 10.9. The van der Waals surface area contributed by atoms with Gasteiger partial charge in [-0.25, -0.2) is 4.98 Å². The van der Waals surface area contributed by atoms with Crippen molar-refractivity contribution in [1.82, 2.24) is 4.98 Å². The molecule has 2 rings (SSSR count). The van der Waals surface area contributed by atoms with Gasteiger partial charge in [0.1, 0.15) is 0 Å². The zero-order valence-electron chi connectivity index (χ0n) is 10.9. The summed E-state index contributed by atoms with van der Waals surface area (Å²) >= 11 is 0. The van der Waals surface area contributed by atoms with E-state index in [0.29, 0.717) is 19.0 Å². The number of nitrogens with zero attached hydrogens (tertiary/aromatic N) is 3. The Hall–Kier alpha value is -1.73. The lowest BCUT2D eigenvalue weighted by Crippen LogP contribution is -2.50. The lowest BCUT2D eigenvalue weighted by molar-refractivity contribution is -0.384. The van der Waals surface area contributed by atoms with Crippen molar-refractivity contribution in [1.29, 1.82) is 0 Å². The summed E-state index contributed by atoms with van der Waals surface area (Å²) in [5.41, 5.74) is 0.705. The van der Waals surface area contributed by atoms with Crippen LogP contribution in [0.3, 0.4) is 0 Å². The fraction of sp³-hybridized carbons (Fsp3) is 0.583. The first-order valence-corrected chi connectivity index (χ1v) is 6.14. The van der Waals surface area contributed by atoms with Gasteiger partial charge in [0.15, 0.2) is 0 Å². The molecule has 1 aliphatic rings.